The van der Waals surface area contributed by atoms with E-state index in [9.17, 15) is 14.9 Å². The van der Waals surface area contributed by atoms with Gasteiger partial charge in [0.15, 0.2) is 0 Å². The SMILES string of the molecule is CC(=O)N1CCN(c2cc(Br)ccc2C#N)C(=O)C1(C)C. The largest absolute Gasteiger partial charge is 0.327 e. The van der Waals surface area contributed by atoms with Gasteiger partial charge >= 0.3 is 0 Å². The molecule has 2 amide bonds. The van der Waals surface area contributed by atoms with Crippen LogP contribution in [0, 0.1) is 11.3 Å². The molecule has 1 aromatic carbocycles. The number of hydrogen-bond donors (Lipinski definition) is 0. The molecule has 0 radical (unpaired) electrons. The van der Waals surface area contributed by atoms with Gasteiger partial charge in [-0.3, -0.25) is 9.59 Å². The van der Waals surface area contributed by atoms with E-state index in [4.69, 9.17) is 0 Å². The second kappa shape index (κ2) is 5.49. The third kappa shape index (κ3) is 2.66. The average molecular weight is 350 g/mol. The summed E-state index contributed by atoms with van der Waals surface area (Å²) in [6.07, 6.45) is 0. The van der Waals surface area contributed by atoms with Crippen molar-refractivity contribution in [2.45, 2.75) is 26.3 Å². The molecule has 0 spiro atoms. The molecule has 0 aliphatic carbocycles. The predicted octanol–water partition coefficient (Wildman–Crippen LogP) is 2.29. The number of anilines is 1. The third-order valence-corrected chi connectivity index (χ3v) is 4.23. The van der Waals surface area contributed by atoms with Gasteiger partial charge < -0.3 is 9.80 Å². The van der Waals surface area contributed by atoms with Gasteiger partial charge in [0.25, 0.3) is 5.91 Å². The van der Waals surface area contributed by atoms with Crippen molar-refractivity contribution in [1.29, 1.82) is 5.26 Å². The minimum Gasteiger partial charge on any atom is -0.327 e. The third-order valence-electron chi connectivity index (χ3n) is 3.74. The molecule has 110 valence electrons. The Labute approximate surface area is 132 Å². The molecule has 0 unspecified atom stereocenters. The van der Waals surface area contributed by atoms with Crippen LogP contribution in [0.3, 0.4) is 0 Å². The molecule has 2 rings (SSSR count). The highest BCUT2D eigenvalue weighted by Gasteiger charge is 2.44. The molecule has 0 bridgehead atoms. The molecule has 1 saturated heterocycles. The van der Waals surface area contributed by atoms with Gasteiger partial charge in [0.1, 0.15) is 11.6 Å². The Hall–Kier alpha value is -1.87. The summed E-state index contributed by atoms with van der Waals surface area (Å²) in [4.78, 5) is 27.6. The summed E-state index contributed by atoms with van der Waals surface area (Å²) < 4.78 is 0.802. The number of carbonyl (C=O) groups excluding carboxylic acids is 2. The minimum absolute atomic E-state index is 0.122. The van der Waals surface area contributed by atoms with Crippen LogP contribution in [0.2, 0.25) is 0 Å². The molecule has 6 heteroatoms. The van der Waals surface area contributed by atoms with E-state index >= 15 is 0 Å². The fourth-order valence-corrected chi connectivity index (χ4v) is 2.98. The normalized spacial score (nSPS) is 17.6. The van der Waals surface area contributed by atoms with Crippen molar-refractivity contribution >= 4 is 33.4 Å². The summed E-state index contributed by atoms with van der Waals surface area (Å²) in [6.45, 7) is 5.75. The molecule has 1 heterocycles. The highest BCUT2D eigenvalue weighted by molar-refractivity contribution is 9.10. The zero-order valence-corrected chi connectivity index (χ0v) is 13.8. The van der Waals surface area contributed by atoms with Crippen molar-refractivity contribution in [2.75, 3.05) is 18.0 Å². The van der Waals surface area contributed by atoms with Gasteiger partial charge in [-0.2, -0.15) is 5.26 Å². The van der Waals surface area contributed by atoms with Crippen molar-refractivity contribution < 1.29 is 9.59 Å². The minimum atomic E-state index is -0.918. The molecule has 1 aromatic rings. The lowest BCUT2D eigenvalue weighted by Crippen LogP contribution is -2.64. The van der Waals surface area contributed by atoms with Crippen LogP contribution in [0.25, 0.3) is 0 Å². The number of hydrogen-bond acceptors (Lipinski definition) is 3. The number of benzene rings is 1. The van der Waals surface area contributed by atoms with Crippen LogP contribution in [0.1, 0.15) is 26.3 Å². The molecule has 0 aromatic heterocycles. The molecule has 5 nitrogen and oxygen atoms in total. The molecule has 0 atom stereocenters. The van der Waals surface area contributed by atoms with E-state index in [1.807, 2.05) is 0 Å². The second-order valence-electron chi connectivity index (χ2n) is 5.46. The topological polar surface area (TPSA) is 64.4 Å². The fourth-order valence-electron chi connectivity index (χ4n) is 2.63. The summed E-state index contributed by atoms with van der Waals surface area (Å²) in [5, 5.41) is 9.23. The first-order chi connectivity index (χ1) is 9.78. The Morgan fingerprint density at radius 2 is 2.05 bits per heavy atom. The van der Waals surface area contributed by atoms with Gasteiger partial charge in [0, 0.05) is 24.5 Å². The van der Waals surface area contributed by atoms with Crippen molar-refractivity contribution in [1.82, 2.24) is 4.90 Å². The van der Waals surface area contributed by atoms with Crippen LogP contribution in [0.4, 0.5) is 5.69 Å². The highest BCUT2D eigenvalue weighted by atomic mass is 79.9. The number of nitriles is 1. The summed E-state index contributed by atoms with van der Waals surface area (Å²) in [7, 11) is 0. The Morgan fingerprint density at radius 1 is 1.38 bits per heavy atom. The van der Waals surface area contributed by atoms with E-state index < -0.39 is 5.54 Å². The zero-order valence-electron chi connectivity index (χ0n) is 12.2. The average Bonchev–Trinajstić information content (AvgIpc) is 2.41. The lowest BCUT2D eigenvalue weighted by Gasteiger charge is -2.45. The van der Waals surface area contributed by atoms with Crippen LogP contribution in [-0.2, 0) is 9.59 Å². The number of rotatable bonds is 1. The molecule has 0 N–H and O–H groups in total. The Balaban J connectivity index is 2.45. The van der Waals surface area contributed by atoms with E-state index in [2.05, 4.69) is 22.0 Å². The molecule has 0 saturated carbocycles. The van der Waals surface area contributed by atoms with Crippen LogP contribution in [0.15, 0.2) is 22.7 Å². The van der Waals surface area contributed by atoms with E-state index in [1.165, 1.54) is 6.92 Å². The van der Waals surface area contributed by atoms with Gasteiger partial charge in [-0.25, -0.2) is 0 Å². The molecular formula is C15H16BrN3O2. The summed E-state index contributed by atoms with van der Waals surface area (Å²) >= 11 is 3.36. The molecule has 1 aliphatic heterocycles. The lowest BCUT2D eigenvalue weighted by atomic mass is 9.96. The van der Waals surface area contributed by atoms with Gasteiger partial charge in [0.2, 0.25) is 5.91 Å². The quantitative estimate of drug-likeness (QED) is 0.781. The van der Waals surface area contributed by atoms with Crippen molar-refractivity contribution in [3.05, 3.63) is 28.2 Å². The predicted molar refractivity (Wildman–Crippen MR) is 82.7 cm³/mol. The van der Waals surface area contributed by atoms with E-state index in [-0.39, 0.29) is 11.8 Å². The number of halogens is 1. The van der Waals surface area contributed by atoms with Crippen molar-refractivity contribution in [2.24, 2.45) is 0 Å². The van der Waals surface area contributed by atoms with Crippen LogP contribution in [-0.4, -0.2) is 35.3 Å². The number of piperazine rings is 1. The summed E-state index contributed by atoms with van der Waals surface area (Å²) in [6, 6.07) is 7.31. The smallest absolute Gasteiger partial charge is 0.252 e. The zero-order chi connectivity index (χ0) is 15.8. The first-order valence-electron chi connectivity index (χ1n) is 6.59. The van der Waals surface area contributed by atoms with Crippen LogP contribution < -0.4 is 4.90 Å². The van der Waals surface area contributed by atoms with E-state index in [1.54, 1.807) is 41.8 Å². The Morgan fingerprint density at radius 3 is 2.62 bits per heavy atom. The maximum atomic E-state index is 12.7. The number of carbonyl (C=O) groups is 2. The first-order valence-corrected chi connectivity index (χ1v) is 7.38. The molecule has 21 heavy (non-hydrogen) atoms. The highest BCUT2D eigenvalue weighted by Crippen LogP contribution is 2.31. The van der Waals surface area contributed by atoms with Gasteiger partial charge in [0.05, 0.1) is 11.3 Å². The van der Waals surface area contributed by atoms with Gasteiger partial charge in [-0.15, -0.1) is 0 Å². The van der Waals surface area contributed by atoms with Gasteiger partial charge in [-0.05, 0) is 32.0 Å². The molecule has 1 fully saturated rings. The van der Waals surface area contributed by atoms with Gasteiger partial charge in [-0.1, -0.05) is 15.9 Å². The maximum absolute atomic E-state index is 12.7. The van der Waals surface area contributed by atoms with Crippen LogP contribution in [0.5, 0.6) is 0 Å². The molecule has 1 aliphatic rings. The summed E-state index contributed by atoms with van der Waals surface area (Å²) in [5.74, 6) is -0.304. The van der Waals surface area contributed by atoms with Crippen LogP contribution >= 0.6 is 15.9 Å². The van der Waals surface area contributed by atoms with Crippen molar-refractivity contribution in [3.8, 4) is 6.07 Å². The number of nitrogens with zero attached hydrogens (tertiary/aromatic N) is 3. The second-order valence-corrected chi connectivity index (χ2v) is 6.38. The molecular weight excluding hydrogens is 334 g/mol. The monoisotopic (exact) mass is 349 g/mol. The maximum Gasteiger partial charge on any atom is 0.252 e. The van der Waals surface area contributed by atoms with E-state index in [0.29, 0.717) is 24.3 Å². The Kier molecular flexibility index (Phi) is 4.06. The van der Waals surface area contributed by atoms with E-state index in [0.717, 1.165) is 4.47 Å². The van der Waals surface area contributed by atoms with Crippen molar-refractivity contribution in [3.63, 3.8) is 0 Å². The lowest BCUT2D eigenvalue weighted by molar-refractivity contribution is -0.145. The first kappa shape index (κ1) is 15.5. The summed E-state index contributed by atoms with van der Waals surface area (Å²) in [5.41, 5.74) is 0.103. The number of amides is 2. The Bertz CT molecular complexity index is 649. The fraction of sp³-hybridized carbons (Fsp3) is 0.400. The standard InChI is InChI=1S/C15H16BrN3O2/c1-10(20)19-7-6-18(14(21)15(19,2)3)13-8-12(16)5-4-11(13)9-17/h4-5,8H,6-7H2,1-3H3.